The molecule has 2 aromatic carbocycles. The molecule has 29 heavy (non-hydrogen) atoms. The number of nitrogens with zero attached hydrogens (tertiary/aromatic N) is 2. The van der Waals surface area contributed by atoms with E-state index >= 15 is 0 Å². The van der Waals surface area contributed by atoms with Gasteiger partial charge >= 0.3 is 0 Å². The predicted octanol–water partition coefficient (Wildman–Crippen LogP) is 5.26. The Morgan fingerprint density at radius 2 is 2.00 bits per heavy atom. The molecule has 0 bridgehead atoms. The third-order valence-electron chi connectivity index (χ3n) is 4.00. The quantitative estimate of drug-likeness (QED) is 0.246. The minimum atomic E-state index is -0.243. The van der Waals surface area contributed by atoms with Crippen molar-refractivity contribution in [2.45, 2.75) is 4.90 Å². The van der Waals surface area contributed by atoms with E-state index in [0.29, 0.717) is 22.9 Å². The average molecular weight is 428 g/mol. The lowest BCUT2D eigenvalue weighted by Crippen LogP contribution is -2.12. The van der Waals surface area contributed by atoms with Crippen molar-refractivity contribution in [2.75, 3.05) is 12.4 Å². The molecule has 148 valence electrons. The number of amides is 1. The van der Waals surface area contributed by atoms with Gasteiger partial charge < -0.3 is 10.1 Å². The molecular weight excluding hydrogens is 410 g/mol. The van der Waals surface area contributed by atoms with Crippen LogP contribution in [0.4, 0.5) is 5.82 Å². The van der Waals surface area contributed by atoms with Crippen LogP contribution in [0.1, 0.15) is 10.4 Å². The number of rotatable bonds is 7. The predicted molar refractivity (Wildman–Crippen MR) is 113 cm³/mol. The van der Waals surface area contributed by atoms with Gasteiger partial charge in [-0.1, -0.05) is 0 Å². The summed E-state index contributed by atoms with van der Waals surface area (Å²) in [5.41, 5.74) is 0.501. The topological polar surface area (TPSA) is 74.6 Å². The van der Waals surface area contributed by atoms with Gasteiger partial charge in [-0.3, -0.25) is 9.48 Å². The normalized spacial score (nSPS) is 11.0. The highest BCUT2D eigenvalue weighted by atomic mass is 32.2. The number of hydrogen-bond donors (Lipinski definition) is 1. The highest BCUT2D eigenvalue weighted by Crippen LogP contribution is 2.35. The second-order valence-electron chi connectivity index (χ2n) is 6.03. The fraction of sp³-hybridized carbons (Fsp3) is 0.100. The zero-order valence-electron chi connectivity index (χ0n) is 15.6. The van der Waals surface area contributed by atoms with Crippen LogP contribution in [0.3, 0.4) is 0 Å². The summed E-state index contributed by atoms with van der Waals surface area (Å²) >= 11 is 2.66. The van der Waals surface area contributed by atoms with Crippen LogP contribution < -0.4 is 10.1 Å². The standard InChI is InChI=1S/C20H17N3O4S2/c1-23-9-7-19(22-23)21-20(24)13-11-17(16-8-10-28-18(16)12-13)26-14-3-5-15(6-4-14)29-27-25-2/h3-12H,1-2H3,(H,21,22,24). The second-order valence-corrected chi connectivity index (χ2v) is 7.75. The molecule has 0 saturated carbocycles. The summed E-state index contributed by atoms with van der Waals surface area (Å²) in [5, 5.41) is 9.91. The maximum atomic E-state index is 12.7. The zero-order valence-corrected chi connectivity index (χ0v) is 17.3. The Labute approximate surface area is 175 Å². The molecule has 7 nitrogen and oxygen atoms in total. The minimum Gasteiger partial charge on any atom is -0.457 e. The molecule has 2 heterocycles. The lowest BCUT2D eigenvalue weighted by Gasteiger charge is -2.10. The molecule has 0 spiro atoms. The number of aromatic nitrogens is 2. The van der Waals surface area contributed by atoms with Crippen LogP contribution in [0.25, 0.3) is 10.1 Å². The van der Waals surface area contributed by atoms with Gasteiger partial charge in [-0.25, -0.2) is 4.89 Å². The van der Waals surface area contributed by atoms with E-state index in [1.807, 2.05) is 41.8 Å². The number of nitrogens with one attached hydrogen (secondary N) is 1. The van der Waals surface area contributed by atoms with Gasteiger partial charge in [0.25, 0.3) is 5.91 Å². The van der Waals surface area contributed by atoms with Crippen molar-refractivity contribution in [2.24, 2.45) is 7.05 Å². The number of carbonyl (C=O) groups is 1. The van der Waals surface area contributed by atoms with Crippen LogP contribution in [0.2, 0.25) is 0 Å². The Hall–Kier alpha value is -2.85. The zero-order chi connectivity index (χ0) is 20.2. The van der Waals surface area contributed by atoms with E-state index in [0.717, 1.165) is 27.0 Å². The van der Waals surface area contributed by atoms with Crippen molar-refractivity contribution in [1.82, 2.24) is 9.78 Å². The summed E-state index contributed by atoms with van der Waals surface area (Å²) < 4.78 is 13.5. The van der Waals surface area contributed by atoms with Gasteiger partial charge in [0.05, 0.1) is 19.2 Å². The van der Waals surface area contributed by atoms with Crippen LogP contribution >= 0.6 is 23.4 Å². The molecule has 0 atom stereocenters. The summed E-state index contributed by atoms with van der Waals surface area (Å²) in [4.78, 5) is 18.2. The van der Waals surface area contributed by atoms with Gasteiger partial charge in [-0.05, 0) is 47.8 Å². The number of anilines is 1. The molecule has 4 rings (SSSR count). The Bertz CT molecular complexity index is 1140. The number of ether oxygens (including phenoxy) is 1. The number of benzene rings is 2. The summed E-state index contributed by atoms with van der Waals surface area (Å²) in [6.45, 7) is 0. The van der Waals surface area contributed by atoms with Crippen LogP contribution in [-0.4, -0.2) is 22.8 Å². The molecule has 2 aromatic heterocycles. The number of fused-ring (bicyclic) bond motifs is 1. The third kappa shape index (κ3) is 4.60. The number of thiophene rings is 1. The van der Waals surface area contributed by atoms with Gasteiger partial charge in [-0.2, -0.15) is 9.43 Å². The van der Waals surface area contributed by atoms with Crippen LogP contribution in [0, 0.1) is 0 Å². The van der Waals surface area contributed by atoms with Crippen molar-refractivity contribution in [3.05, 3.63) is 65.7 Å². The Kier molecular flexibility index (Phi) is 5.81. The first-order valence-electron chi connectivity index (χ1n) is 8.60. The van der Waals surface area contributed by atoms with E-state index in [2.05, 4.69) is 15.3 Å². The van der Waals surface area contributed by atoms with E-state index in [4.69, 9.17) is 9.07 Å². The lowest BCUT2D eigenvalue weighted by molar-refractivity contribution is -0.160. The fourth-order valence-corrected chi connectivity index (χ4v) is 3.92. The molecule has 0 saturated heterocycles. The SMILES string of the molecule is COOSc1ccc(Oc2cc(C(=O)Nc3ccn(C)n3)cc3sccc23)cc1. The molecule has 0 unspecified atom stereocenters. The van der Waals surface area contributed by atoms with Gasteiger partial charge in [-0.15, -0.1) is 11.3 Å². The van der Waals surface area contributed by atoms with Gasteiger partial charge in [0, 0.05) is 39.9 Å². The average Bonchev–Trinajstić information content (AvgIpc) is 3.36. The van der Waals surface area contributed by atoms with E-state index < -0.39 is 0 Å². The molecule has 0 radical (unpaired) electrons. The monoisotopic (exact) mass is 427 g/mol. The number of aryl methyl sites for hydroxylation is 1. The maximum Gasteiger partial charge on any atom is 0.257 e. The summed E-state index contributed by atoms with van der Waals surface area (Å²) in [6, 6.07) is 14.7. The molecule has 0 aliphatic heterocycles. The van der Waals surface area contributed by atoms with Gasteiger partial charge in [0.15, 0.2) is 5.82 Å². The number of carbonyl (C=O) groups excluding carboxylic acids is 1. The summed E-state index contributed by atoms with van der Waals surface area (Å²) in [5.74, 6) is 1.52. The third-order valence-corrected chi connectivity index (χ3v) is 5.53. The van der Waals surface area contributed by atoms with E-state index in [9.17, 15) is 4.79 Å². The highest BCUT2D eigenvalue weighted by Gasteiger charge is 2.14. The van der Waals surface area contributed by atoms with Gasteiger partial charge in [0.1, 0.15) is 11.5 Å². The van der Waals surface area contributed by atoms with Crippen molar-refractivity contribution >= 4 is 45.2 Å². The van der Waals surface area contributed by atoms with Gasteiger partial charge in [0.2, 0.25) is 0 Å². The molecule has 1 amide bonds. The first-order chi connectivity index (χ1) is 14.1. The minimum absolute atomic E-state index is 0.243. The Morgan fingerprint density at radius 1 is 1.17 bits per heavy atom. The summed E-state index contributed by atoms with van der Waals surface area (Å²) in [6.07, 6.45) is 1.77. The first-order valence-corrected chi connectivity index (χ1v) is 10.2. The van der Waals surface area contributed by atoms with Crippen molar-refractivity contribution in [1.29, 1.82) is 0 Å². The molecule has 0 fully saturated rings. The van der Waals surface area contributed by atoms with E-state index in [1.165, 1.54) is 7.11 Å². The second kappa shape index (κ2) is 8.66. The summed E-state index contributed by atoms with van der Waals surface area (Å²) in [7, 11) is 3.25. The molecule has 0 aliphatic rings. The number of hydrogen-bond acceptors (Lipinski definition) is 7. The Balaban J connectivity index is 1.58. The lowest BCUT2D eigenvalue weighted by atomic mass is 10.1. The highest BCUT2D eigenvalue weighted by molar-refractivity contribution is 7.94. The van der Waals surface area contributed by atoms with E-state index in [1.54, 1.807) is 41.4 Å². The van der Waals surface area contributed by atoms with Crippen LogP contribution in [0.15, 0.2) is 65.0 Å². The van der Waals surface area contributed by atoms with Crippen molar-refractivity contribution < 1.29 is 18.8 Å². The van der Waals surface area contributed by atoms with E-state index in [-0.39, 0.29) is 5.91 Å². The first kappa shape index (κ1) is 19.5. The molecule has 9 heteroatoms. The van der Waals surface area contributed by atoms with Crippen molar-refractivity contribution in [3.63, 3.8) is 0 Å². The van der Waals surface area contributed by atoms with Crippen LogP contribution in [0.5, 0.6) is 11.5 Å². The Morgan fingerprint density at radius 3 is 2.72 bits per heavy atom. The largest absolute Gasteiger partial charge is 0.457 e. The molecule has 4 aromatic rings. The molecule has 0 aliphatic carbocycles. The fourth-order valence-electron chi connectivity index (χ4n) is 2.69. The smallest absolute Gasteiger partial charge is 0.257 e. The molecule has 1 N–H and O–H groups in total. The maximum absolute atomic E-state index is 12.7. The van der Waals surface area contributed by atoms with Crippen LogP contribution in [-0.2, 0) is 16.3 Å². The van der Waals surface area contributed by atoms with Crippen molar-refractivity contribution in [3.8, 4) is 11.5 Å². The molecular formula is C20H17N3O4S2.